The molecule has 2 aliphatic rings. The maximum atomic E-state index is 9.80. The molecule has 2 saturated heterocycles. The van der Waals surface area contributed by atoms with Crippen LogP contribution in [0.4, 0.5) is 0 Å². The van der Waals surface area contributed by atoms with Gasteiger partial charge in [-0.3, -0.25) is 9.80 Å². The topological polar surface area (TPSA) is 77.4 Å². The van der Waals surface area contributed by atoms with E-state index < -0.39 is 0 Å². The van der Waals surface area contributed by atoms with Crippen LogP contribution >= 0.6 is 0 Å². The van der Waals surface area contributed by atoms with Gasteiger partial charge in [0.15, 0.2) is 0 Å². The lowest BCUT2D eigenvalue weighted by Gasteiger charge is -2.27. The van der Waals surface area contributed by atoms with Crippen molar-refractivity contribution in [3.05, 3.63) is 59.4 Å². The number of fused-ring (bicyclic) bond motifs is 1. The van der Waals surface area contributed by atoms with E-state index in [1.165, 1.54) is 0 Å². The fourth-order valence-electron chi connectivity index (χ4n) is 4.46. The van der Waals surface area contributed by atoms with Gasteiger partial charge in [0.05, 0.1) is 38.1 Å². The molecule has 5 rings (SSSR count). The first-order valence-electron chi connectivity index (χ1n) is 11.6. The molecule has 0 bridgehead atoms. The van der Waals surface area contributed by atoms with Crippen LogP contribution in [0.2, 0.25) is 0 Å². The number of ether oxygens (including phenoxy) is 2. The first kappa shape index (κ1) is 21.8. The molecule has 7 heteroatoms. The predicted molar refractivity (Wildman–Crippen MR) is 129 cm³/mol. The zero-order valence-electron chi connectivity index (χ0n) is 18.8. The van der Waals surface area contributed by atoms with Crippen molar-refractivity contribution in [2.45, 2.75) is 6.54 Å². The molecule has 2 fully saturated rings. The van der Waals surface area contributed by atoms with Crippen molar-refractivity contribution in [2.75, 3.05) is 59.2 Å². The first-order valence-corrected chi connectivity index (χ1v) is 11.6. The zero-order chi connectivity index (χ0) is 22.5. The predicted octanol–water partition coefficient (Wildman–Crippen LogP) is 3.28. The number of rotatable bonds is 6. The maximum absolute atomic E-state index is 9.80. The highest BCUT2D eigenvalue weighted by molar-refractivity contribution is 5.94. The van der Waals surface area contributed by atoms with Crippen LogP contribution in [0.3, 0.4) is 0 Å². The molecule has 170 valence electrons. The van der Waals surface area contributed by atoms with Gasteiger partial charge in [-0.05, 0) is 28.8 Å². The lowest BCUT2D eigenvalue weighted by atomic mass is 9.99. The Balaban J connectivity index is 1.36. The average molecular weight is 444 g/mol. The molecule has 1 aromatic carbocycles. The Morgan fingerprint density at radius 3 is 2.55 bits per heavy atom. The van der Waals surface area contributed by atoms with Gasteiger partial charge in [-0.2, -0.15) is 5.26 Å². The summed E-state index contributed by atoms with van der Waals surface area (Å²) in [6, 6.07) is 10.8. The molecule has 2 aromatic heterocycles. The summed E-state index contributed by atoms with van der Waals surface area (Å²) >= 11 is 0. The number of H-pyrrole nitrogens is 1. The van der Waals surface area contributed by atoms with Gasteiger partial charge in [0.2, 0.25) is 0 Å². The van der Waals surface area contributed by atoms with Crippen LogP contribution in [-0.2, 0) is 16.0 Å². The number of hydrogen-bond donors (Lipinski definition) is 1. The smallest absolute Gasteiger partial charge is 0.137 e. The van der Waals surface area contributed by atoms with Crippen LogP contribution in [0, 0.1) is 11.3 Å². The fourth-order valence-corrected chi connectivity index (χ4v) is 4.46. The van der Waals surface area contributed by atoms with Crippen LogP contribution in [-0.4, -0.2) is 78.9 Å². The van der Waals surface area contributed by atoms with E-state index in [9.17, 15) is 5.26 Å². The van der Waals surface area contributed by atoms with E-state index in [-0.39, 0.29) is 0 Å². The second-order valence-corrected chi connectivity index (χ2v) is 8.55. The van der Waals surface area contributed by atoms with Crippen LogP contribution in [0.5, 0.6) is 0 Å². The number of nitrogens with zero attached hydrogens (tertiary/aromatic N) is 4. The molecule has 0 amide bonds. The van der Waals surface area contributed by atoms with Crippen LogP contribution in [0.15, 0.2) is 42.7 Å². The highest BCUT2D eigenvalue weighted by Gasteiger charge is 2.15. The number of nitrogens with one attached hydrogen (secondary N) is 1. The Labute approximate surface area is 194 Å². The minimum Gasteiger partial charge on any atom is -0.379 e. The SMILES string of the molecule is N#Cc1cc(-c2c[nH]c3ncc(/C=C/CN4CCOCC4)cc23)ccc1CN1CCOCC1. The summed E-state index contributed by atoms with van der Waals surface area (Å²) in [5.74, 6) is 0. The van der Waals surface area contributed by atoms with Crippen molar-refractivity contribution in [1.82, 2.24) is 19.8 Å². The molecule has 33 heavy (non-hydrogen) atoms. The summed E-state index contributed by atoms with van der Waals surface area (Å²) in [4.78, 5) is 12.6. The van der Waals surface area contributed by atoms with E-state index in [0.717, 1.165) is 105 Å². The minimum absolute atomic E-state index is 0.725. The van der Waals surface area contributed by atoms with E-state index in [1.807, 2.05) is 18.5 Å². The molecule has 0 saturated carbocycles. The van der Waals surface area contributed by atoms with E-state index in [0.29, 0.717) is 0 Å². The normalized spacial score (nSPS) is 18.2. The molecule has 0 radical (unpaired) electrons. The standard InChI is InChI=1S/C26H29N5O2/c27-16-23-15-21(3-4-22(23)19-31-8-12-33-13-9-31)25-18-29-26-24(25)14-20(17-28-26)2-1-5-30-6-10-32-11-7-30/h1-4,14-15,17-18H,5-13,19H2,(H,28,29)/b2-1+. The zero-order valence-corrected chi connectivity index (χ0v) is 18.8. The Morgan fingerprint density at radius 2 is 1.79 bits per heavy atom. The van der Waals surface area contributed by atoms with Gasteiger partial charge in [0.25, 0.3) is 0 Å². The Morgan fingerprint density at radius 1 is 1.03 bits per heavy atom. The third-order valence-electron chi connectivity index (χ3n) is 6.37. The lowest BCUT2D eigenvalue weighted by Crippen LogP contribution is -2.36. The van der Waals surface area contributed by atoms with Crippen molar-refractivity contribution < 1.29 is 9.47 Å². The van der Waals surface area contributed by atoms with Crippen molar-refractivity contribution in [3.8, 4) is 17.2 Å². The highest BCUT2D eigenvalue weighted by Crippen LogP contribution is 2.30. The van der Waals surface area contributed by atoms with Crippen LogP contribution in [0.25, 0.3) is 28.2 Å². The van der Waals surface area contributed by atoms with Crippen molar-refractivity contribution in [3.63, 3.8) is 0 Å². The number of aromatic nitrogens is 2. The Kier molecular flexibility index (Phi) is 6.79. The van der Waals surface area contributed by atoms with Crippen molar-refractivity contribution in [2.24, 2.45) is 0 Å². The van der Waals surface area contributed by atoms with E-state index in [4.69, 9.17) is 9.47 Å². The van der Waals surface area contributed by atoms with Crippen molar-refractivity contribution >= 4 is 17.1 Å². The van der Waals surface area contributed by atoms with Gasteiger partial charge in [0, 0.05) is 62.6 Å². The third kappa shape index (κ3) is 5.15. The molecule has 3 aromatic rings. The summed E-state index contributed by atoms with van der Waals surface area (Å²) in [6.07, 6.45) is 8.20. The van der Waals surface area contributed by atoms with Gasteiger partial charge in [-0.15, -0.1) is 0 Å². The van der Waals surface area contributed by atoms with Crippen LogP contribution < -0.4 is 0 Å². The number of benzene rings is 1. The van der Waals surface area contributed by atoms with E-state index in [2.05, 4.69) is 56.2 Å². The molecule has 0 atom stereocenters. The molecule has 0 unspecified atom stereocenters. The third-order valence-corrected chi connectivity index (χ3v) is 6.37. The summed E-state index contributed by atoms with van der Waals surface area (Å²) < 4.78 is 10.9. The number of hydrogen-bond acceptors (Lipinski definition) is 6. The van der Waals surface area contributed by atoms with E-state index in [1.54, 1.807) is 0 Å². The van der Waals surface area contributed by atoms with E-state index >= 15 is 0 Å². The molecule has 4 heterocycles. The fraction of sp³-hybridized carbons (Fsp3) is 0.385. The first-order chi connectivity index (χ1) is 16.3. The van der Waals surface area contributed by atoms with Gasteiger partial charge in [-0.1, -0.05) is 24.3 Å². The van der Waals surface area contributed by atoms with Gasteiger partial charge >= 0.3 is 0 Å². The quantitative estimate of drug-likeness (QED) is 0.630. The molecular formula is C26H29N5O2. The second kappa shape index (κ2) is 10.3. The second-order valence-electron chi connectivity index (χ2n) is 8.55. The van der Waals surface area contributed by atoms with Crippen molar-refractivity contribution in [1.29, 1.82) is 5.26 Å². The molecule has 7 nitrogen and oxygen atoms in total. The Hall–Kier alpha value is -3.02. The molecule has 1 N–H and O–H groups in total. The van der Waals surface area contributed by atoms with Gasteiger partial charge in [-0.25, -0.2) is 4.98 Å². The number of pyridine rings is 1. The highest BCUT2D eigenvalue weighted by atomic mass is 16.5. The molecule has 0 aliphatic carbocycles. The number of morpholine rings is 2. The summed E-state index contributed by atoms with van der Waals surface area (Å²) in [6.45, 7) is 8.59. The summed E-state index contributed by atoms with van der Waals surface area (Å²) in [5, 5.41) is 10.9. The van der Waals surface area contributed by atoms with Gasteiger partial charge in [0.1, 0.15) is 5.65 Å². The van der Waals surface area contributed by atoms with Crippen LogP contribution in [0.1, 0.15) is 16.7 Å². The summed E-state index contributed by atoms with van der Waals surface area (Å²) in [7, 11) is 0. The lowest BCUT2D eigenvalue weighted by molar-refractivity contribution is 0.0341. The Bertz CT molecular complexity index is 1170. The number of nitriles is 1. The maximum Gasteiger partial charge on any atom is 0.137 e. The average Bonchev–Trinajstić information content (AvgIpc) is 3.29. The molecule has 2 aliphatic heterocycles. The minimum atomic E-state index is 0.725. The largest absolute Gasteiger partial charge is 0.379 e. The number of aromatic amines is 1. The molecular weight excluding hydrogens is 414 g/mol. The monoisotopic (exact) mass is 443 g/mol. The molecule has 0 spiro atoms. The summed E-state index contributed by atoms with van der Waals surface area (Å²) in [5.41, 5.74) is 5.80. The van der Waals surface area contributed by atoms with Gasteiger partial charge < -0.3 is 14.5 Å².